The number of rotatable bonds is 5. The number of hydrogen-bond donors (Lipinski definition) is 0. The van der Waals surface area contributed by atoms with E-state index < -0.39 is 30.0 Å². The third-order valence-corrected chi connectivity index (χ3v) is 2.80. The first-order chi connectivity index (χ1) is 10.8. The standard InChI is InChI=1S/C13H12Cl2N2O6/c1-17(2)11(18)10(15)16-23-13(20)22-7-21-12(19)8-5-3-4-6-9(8)14/h3-6H,7H2,1-2H3. The molecule has 8 nitrogen and oxygen atoms in total. The molecule has 0 unspecified atom stereocenters. The van der Waals surface area contributed by atoms with Crippen molar-refractivity contribution in [1.82, 2.24) is 4.90 Å². The van der Waals surface area contributed by atoms with E-state index in [1.165, 1.54) is 26.2 Å². The van der Waals surface area contributed by atoms with E-state index in [0.717, 1.165) is 4.90 Å². The fourth-order valence-electron chi connectivity index (χ4n) is 1.16. The second-order valence-electron chi connectivity index (χ2n) is 4.10. The summed E-state index contributed by atoms with van der Waals surface area (Å²) in [4.78, 5) is 39.5. The SMILES string of the molecule is CN(C)C(=O)C(Cl)=NOC(=O)OCOC(=O)c1ccccc1Cl. The third-order valence-electron chi connectivity index (χ3n) is 2.24. The molecule has 0 heterocycles. The van der Waals surface area contributed by atoms with E-state index in [1.54, 1.807) is 12.1 Å². The molecule has 0 atom stereocenters. The molecule has 0 aliphatic carbocycles. The van der Waals surface area contributed by atoms with Crippen LogP contribution in [0.1, 0.15) is 10.4 Å². The highest BCUT2D eigenvalue weighted by Crippen LogP contribution is 2.15. The van der Waals surface area contributed by atoms with Gasteiger partial charge in [-0.1, -0.05) is 40.5 Å². The second-order valence-corrected chi connectivity index (χ2v) is 4.86. The first kappa shape index (κ1) is 18.7. The van der Waals surface area contributed by atoms with Crippen LogP contribution in [0.4, 0.5) is 4.79 Å². The van der Waals surface area contributed by atoms with Crippen LogP contribution in [0.15, 0.2) is 29.4 Å². The molecule has 0 bridgehead atoms. The summed E-state index contributed by atoms with van der Waals surface area (Å²) in [7, 11) is 2.87. The highest BCUT2D eigenvalue weighted by molar-refractivity contribution is 6.82. The summed E-state index contributed by atoms with van der Waals surface area (Å²) in [5, 5.41) is 2.69. The van der Waals surface area contributed by atoms with E-state index >= 15 is 0 Å². The molecule has 10 heteroatoms. The van der Waals surface area contributed by atoms with Crippen molar-refractivity contribution >= 4 is 46.4 Å². The lowest BCUT2D eigenvalue weighted by Gasteiger charge is -2.07. The molecule has 1 aromatic carbocycles. The van der Waals surface area contributed by atoms with Crippen LogP contribution in [0.5, 0.6) is 0 Å². The predicted octanol–water partition coefficient (Wildman–Crippen LogP) is 2.25. The van der Waals surface area contributed by atoms with Gasteiger partial charge in [-0.05, 0) is 12.1 Å². The number of amides is 1. The number of esters is 1. The molecule has 1 rings (SSSR count). The molecule has 124 valence electrons. The van der Waals surface area contributed by atoms with Crippen molar-refractivity contribution in [2.45, 2.75) is 0 Å². The van der Waals surface area contributed by atoms with Crippen LogP contribution >= 0.6 is 23.2 Å². The number of halogens is 2. The smallest absolute Gasteiger partial charge is 0.424 e. The van der Waals surface area contributed by atoms with Crippen molar-refractivity contribution in [1.29, 1.82) is 0 Å². The van der Waals surface area contributed by atoms with Crippen LogP contribution in [0.25, 0.3) is 0 Å². The Morgan fingerprint density at radius 3 is 2.43 bits per heavy atom. The van der Waals surface area contributed by atoms with E-state index in [9.17, 15) is 14.4 Å². The van der Waals surface area contributed by atoms with Crippen LogP contribution in [0.3, 0.4) is 0 Å². The lowest BCUT2D eigenvalue weighted by molar-refractivity contribution is -0.121. The monoisotopic (exact) mass is 362 g/mol. The Balaban J connectivity index is 2.40. The Morgan fingerprint density at radius 2 is 1.83 bits per heavy atom. The van der Waals surface area contributed by atoms with Crippen LogP contribution in [0, 0.1) is 0 Å². The van der Waals surface area contributed by atoms with Gasteiger partial charge in [0.1, 0.15) is 0 Å². The number of ether oxygens (including phenoxy) is 2. The van der Waals surface area contributed by atoms with Gasteiger partial charge in [0.15, 0.2) is 0 Å². The predicted molar refractivity (Wildman–Crippen MR) is 81.3 cm³/mol. The highest BCUT2D eigenvalue weighted by Gasteiger charge is 2.15. The normalized spacial score (nSPS) is 10.7. The fourth-order valence-corrected chi connectivity index (χ4v) is 1.58. The zero-order chi connectivity index (χ0) is 17.4. The number of hydrogen-bond acceptors (Lipinski definition) is 7. The van der Waals surface area contributed by atoms with Crippen molar-refractivity contribution in [3.8, 4) is 0 Å². The number of carbonyl (C=O) groups excluding carboxylic acids is 3. The van der Waals surface area contributed by atoms with Crippen LogP contribution < -0.4 is 0 Å². The Morgan fingerprint density at radius 1 is 1.17 bits per heavy atom. The van der Waals surface area contributed by atoms with Gasteiger partial charge in [0, 0.05) is 14.1 Å². The first-order valence-electron chi connectivity index (χ1n) is 6.03. The Labute approximate surface area is 141 Å². The number of benzene rings is 1. The summed E-state index contributed by atoms with van der Waals surface area (Å²) < 4.78 is 9.10. The van der Waals surface area contributed by atoms with Crippen molar-refractivity contribution in [2.75, 3.05) is 20.9 Å². The van der Waals surface area contributed by atoms with Crippen molar-refractivity contribution in [3.05, 3.63) is 34.9 Å². The minimum Gasteiger partial charge on any atom is -0.424 e. The van der Waals surface area contributed by atoms with Gasteiger partial charge in [0.25, 0.3) is 5.91 Å². The minimum absolute atomic E-state index is 0.115. The van der Waals surface area contributed by atoms with Gasteiger partial charge >= 0.3 is 12.1 Å². The molecular formula is C13H12Cl2N2O6. The minimum atomic E-state index is -1.30. The van der Waals surface area contributed by atoms with E-state index in [2.05, 4.69) is 19.5 Å². The summed E-state index contributed by atoms with van der Waals surface area (Å²) in [6.45, 7) is -0.725. The maximum Gasteiger partial charge on any atom is 0.538 e. The van der Waals surface area contributed by atoms with E-state index in [1.807, 2.05) is 0 Å². The molecule has 0 aromatic heterocycles. The molecule has 0 fully saturated rings. The zero-order valence-corrected chi connectivity index (χ0v) is 13.6. The summed E-state index contributed by atoms with van der Waals surface area (Å²) in [5.41, 5.74) is 0.115. The van der Waals surface area contributed by atoms with Gasteiger partial charge in [0.05, 0.1) is 10.6 Å². The van der Waals surface area contributed by atoms with Gasteiger partial charge < -0.3 is 14.4 Å². The maximum absolute atomic E-state index is 11.6. The average molecular weight is 363 g/mol. The zero-order valence-electron chi connectivity index (χ0n) is 12.1. The summed E-state index contributed by atoms with van der Waals surface area (Å²) in [6.07, 6.45) is -1.30. The van der Waals surface area contributed by atoms with Gasteiger partial charge in [-0.3, -0.25) is 9.63 Å². The fraction of sp³-hybridized carbons (Fsp3) is 0.231. The topological polar surface area (TPSA) is 94.5 Å². The molecule has 0 N–H and O–H groups in total. The molecule has 1 amide bonds. The van der Waals surface area contributed by atoms with Crippen LogP contribution in [-0.4, -0.2) is 49.0 Å². The quantitative estimate of drug-likeness (QED) is 0.262. The van der Waals surface area contributed by atoms with E-state index in [4.69, 9.17) is 23.2 Å². The van der Waals surface area contributed by atoms with Crippen LogP contribution in [-0.2, 0) is 19.1 Å². The molecule has 0 saturated carbocycles. The number of oxime groups is 1. The Bertz CT molecular complexity index is 633. The molecular weight excluding hydrogens is 351 g/mol. The summed E-state index contributed by atoms with van der Waals surface area (Å²) in [6, 6.07) is 6.19. The van der Waals surface area contributed by atoms with E-state index in [-0.39, 0.29) is 10.6 Å². The van der Waals surface area contributed by atoms with Gasteiger partial charge in [-0.2, -0.15) is 0 Å². The summed E-state index contributed by atoms with van der Waals surface area (Å²) in [5.74, 6) is -1.45. The van der Waals surface area contributed by atoms with Gasteiger partial charge in [-0.15, -0.1) is 0 Å². The first-order valence-corrected chi connectivity index (χ1v) is 6.79. The Hall–Kier alpha value is -2.32. The Kier molecular flexibility index (Phi) is 7.30. The maximum atomic E-state index is 11.6. The van der Waals surface area contributed by atoms with Crippen LogP contribution in [0.2, 0.25) is 5.02 Å². The summed E-state index contributed by atoms with van der Waals surface area (Å²) >= 11 is 11.3. The lowest BCUT2D eigenvalue weighted by atomic mass is 10.2. The average Bonchev–Trinajstić information content (AvgIpc) is 2.51. The third kappa shape index (κ3) is 6.13. The number of nitrogens with zero attached hydrogens (tertiary/aromatic N) is 2. The molecule has 23 heavy (non-hydrogen) atoms. The molecule has 0 aliphatic rings. The second kappa shape index (κ2) is 8.96. The van der Waals surface area contributed by atoms with Crippen molar-refractivity contribution in [3.63, 3.8) is 0 Å². The molecule has 0 aliphatic heterocycles. The van der Waals surface area contributed by atoms with Gasteiger partial charge in [0.2, 0.25) is 12.0 Å². The van der Waals surface area contributed by atoms with E-state index in [0.29, 0.717) is 0 Å². The molecule has 0 saturated heterocycles. The molecule has 0 spiro atoms. The lowest BCUT2D eigenvalue weighted by Crippen LogP contribution is -2.27. The van der Waals surface area contributed by atoms with Crippen molar-refractivity contribution < 1.29 is 28.7 Å². The van der Waals surface area contributed by atoms with Gasteiger partial charge in [-0.25, -0.2) is 9.59 Å². The largest absolute Gasteiger partial charge is 0.538 e. The number of carbonyl (C=O) groups is 3. The highest BCUT2D eigenvalue weighted by atomic mass is 35.5. The molecule has 0 radical (unpaired) electrons. The molecule has 1 aromatic rings. The van der Waals surface area contributed by atoms with Crippen molar-refractivity contribution in [2.24, 2.45) is 5.16 Å².